The zero-order chi connectivity index (χ0) is 13.8. The molecule has 19 heavy (non-hydrogen) atoms. The molecule has 104 valence electrons. The molecule has 1 aliphatic heterocycles. The Hall–Kier alpha value is -0.870. The smallest absolute Gasteiger partial charge is 0.241 e. The Kier molecular flexibility index (Phi) is 2.98. The van der Waals surface area contributed by atoms with Gasteiger partial charge in [0.25, 0.3) is 0 Å². The van der Waals surface area contributed by atoms with Crippen LogP contribution in [0.3, 0.4) is 0 Å². The van der Waals surface area contributed by atoms with Gasteiger partial charge in [0.2, 0.25) is 5.91 Å². The lowest BCUT2D eigenvalue weighted by Crippen LogP contribution is -2.36. The van der Waals surface area contributed by atoms with Gasteiger partial charge in [0.05, 0.1) is 6.04 Å². The Morgan fingerprint density at radius 1 is 1.47 bits per heavy atom. The van der Waals surface area contributed by atoms with E-state index in [0.717, 1.165) is 6.42 Å². The molecule has 1 N–H and O–H groups in total. The third kappa shape index (κ3) is 2.11. The van der Waals surface area contributed by atoms with E-state index in [1.165, 1.54) is 5.56 Å². The summed E-state index contributed by atoms with van der Waals surface area (Å²) >= 11 is 1.69. The molecule has 3 rings (SSSR count). The first-order valence-electron chi connectivity index (χ1n) is 7.02. The van der Waals surface area contributed by atoms with E-state index in [9.17, 15) is 4.79 Å². The molecular weight excluding hydrogens is 256 g/mol. The molecule has 1 saturated carbocycles. The normalized spacial score (nSPS) is 33.2. The zero-order valence-corrected chi connectivity index (χ0v) is 12.8. The Balaban J connectivity index is 1.91. The average Bonchev–Trinajstić information content (AvgIpc) is 2.76. The molecule has 2 fully saturated rings. The van der Waals surface area contributed by atoms with Crippen molar-refractivity contribution in [1.82, 2.24) is 10.2 Å². The standard InChI is InChI=1S/C15H22N2OS/c1-9(2)12-14(18)17(11-7-15(11,3)4)13(16-12)10-5-6-19-8-10/h5-6,8-9,11-13,16H,7H2,1-4H3. The van der Waals surface area contributed by atoms with Crippen LogP contribution in [0.4, 0.5) is 0 Å². The van der Waals surface area contributed by atoms with Gasteiger partial charge in [-0.1, -0.05) is 27.7 Å². The van der Waals surface area contributed by atoms with Crippen LogP contribution in [-0.4, -0.2) is 22.9 Å². The molecule has 1 saturated heterocycles. The average molecular weight is 278 g/mol. The fourth-order valence-electron chi connectivity index (χ4n) is 3.02. The lowest BCUT2D eigenvalue weighted by Gasteiger charge is -2.25. The number of carbonyl (C=O) groups is 1. The van der Waals surface area contributed by atoms with Crippen molar-refractivity contribution < 1.29 is 4.79 Å². The number of carbonyl (C=O) groups excluding carboxylic acids is 1. The molecule has 3 unspecified atom stereocenters. The van der Waals surface area contributed by atoms with E-state index in [1.54, 1.807) is 11.3 Å². The maximum Gasteiger partial charge on any atom is 0.241 e. The van der Waals surface area contributed by atoms with Gasteiger partial charge >= 0.3 is 0 Å². The molecule has 3 nitrogen and oxygen atoms in total. The van der Waals surface area contributed by atoms with Crippen LogP contribution in [-0.2, 0) is 4.79 Å². The Morgan fingerprint density at radius 2 is 2.16 bits per heavy atom. The van der Waals surface area contributed by atoms with E-state index in [4.69, 9.17) is 0 Å². The molecule has 3 atom stereocenters. The molecule has 1 aliphatic carbocycles. The quantitative estimate of drug-likeness (QED) is 0.922. The minimum atomic E-state index is -0.0405. The minimum Gasteiger partial charge on any atom is -0.318 e. The highest BCUT2D eigenvalue weighted by molar-refractivity contribution is 7.07. The monoisotopic (exact) mass is 278 g/mol. The van der Waals surface area contributed by atoms with Gasteiger partial charge in [0.15, 0.2) is 0 Å². The highest BCUT2D eigenvalue weighted by Crippen LogP contribution is 2.52. The Labute approximate surface area is 119 Å². The van der Waals surface area contributed by atoms with Crippen LogP contribution >= 0.6 is 11.3 Å². The number of rotatable bonds is 3. The summed E-state index contributed by atoms with van der Waals surface area (Å²) in [6.07, 6.45) is 1.18. The maximum absolute atomic E-state index is 12.7. The molecule has 0 aromatic carbocycles. The number of hydrogen-bond donors (Lipinski definition) is 1. The van der Waals surface area contributed by atoms with Gasteiger partial charge in [-0.15, -0.1) is 0 Å². The Bertz CT molecular complexity index is 480. The van der Waals surface area contributed by atoms with Gasteiger partial charge in [-0.3, -0.25) is 10.1 Å². The molecule has 0 spiro atoms. The van der Waals surface area contributed by atoms with E-state index in [0.29, 0.717) is 12.0 Å². The summed E-state index contributed by atoms with van der Waals surface area (Å²) < 4.78 is 0. The summed E-state index contributed by atoms with van der Waals surface area (Å²) in [4.78, 5) is 14.8. The second kappa shape index (κ2) is 4.32. The van der Waals surface area contributed by atoms with Crippen LogP contribution in [0.2, 0.25) is 0 Å². The minimum absolute atomic E-state index is 0.0405. The van der Waals surface area contributed by atoms with Crippen molar-refractivity contribution in [2.45, 2.75) is 52.4 Å². The molecule has 4 heteroatoms. The van der Waals surface area contributed by atoms with Crippen molar-refractivity contribution in [2.75, 3.05) is 0 Å². The highest BCUT2D eigenvalue weighted by atomic mass is 32.1. The number of nitrogens with one attached hydrogen (secondary N) is 1. The van der Waals surface area contributed by atoms with E-state index >= 15 is 0 Å². The van der Waals surface area contributed by atoms with Crippen LogP contribution in [0.15, 0.2) is 16.8 Å². The molecular formula is C15H22N2OS. The fourth-order valence-corrected chi connectivity index (χ4v) is 3.70. The van der Waals surface area contributed by atoms with E-state index in [1.807, 2.05) is 0 Å². The van der Waals surface area contributed by atoms with Crippen LogP contribution in [0, 0.1) is 11.3 Å². The highest BCUT2D eigenvalue weighted by Gasteiger charge is 2.56. The van der Waals surface area contributed by atoms with Crippen LogP contribution in [0.1, 0.15) is 45.8 Å². The van der Waals surface area contributed by atoms with E-state index in [2.05, 4.69) is 54.7 Å². The Morgan fingerprint density at radius 3 is 2.63 bits per heavy atom. The number of amides is 1. The first-order chi connectivity index (χ1) is 8.92. The first kappa shape index (κ1) is 13.1. The fraction of sp³-hybridized carbons (Fsp3) is 0.667. The third-order valence-electron chi connectivity index (χ3n) is 4.46. The predicted molar refractivity (Wildman–Crippen MR) is 77.9 cm³/mol. The summed E-state index contributed by atoms with van der Waals surface area (Å²) in [5, 5.41) is 7.77. The van der Waals surface area contributed by atoms with Crippen LogP contribution in [0.5, 0.6) is 0 Å². The lowest BCUT2D eigenvalue weighted by molar-refractivity contribution is -0.131. The SMILES string of the molecule is CC(C)C1NC(c2ccsc2)N(C2CC2(C)C)C1=O. The number of thiophene rings is 1. The van der Waals surface area contributed by atoms with Gasteiger partial charge < -0.3 is 4.90 Å². The van der Waals surface area contributed by atoms with Crippen LogP contribution in [0.25, 0.3) is 0 Å². The molecule has 0 radical (unpaired) electrons. The van der Waals surface area contributed by atoms with Crippen molar-refractivity contribution in [3.63, 3.8) is 0 Å². The van der Waals surface area contributed by atoms with Crippen molar-refractivity contribution in [3.8, 4) is 0 Å². The molecule has 1 aromatic rings. The summed E-state index contributed by atoms with van der Waals surface area (Å²) in [6.45, 7) is 8.72. The zero-order valence-electron chi connectivity index (χ0n) is 12.0. The molecule has 0 bridgehead atoms. The van der Waals surface area contributed by atoms with Crippen molar-refractivity contribution >= 4 is 17.2 Å². The maximum atomic E-state index is 12.7. The van der Waals surface area contributed by atoms with Crippen molar-refractivity contribution in [2.24, 2.45) is 11.3 Å². The predicted octanol–water partition coefficient (Wildman–Crippen LogP) is 3.00. The summed E-state index contributed by atoms with van der Waals surface area (Å²) in [7, 11) is 0. The lowest BCUT2D eigenvalue weighted by atomic mass is 10.0. The van der Waals surface area contributed by atoms with E-state index in [-0.39, 0.29) is 23.5 Å². The largest absolute Gasteiger partial charge is 0.318 e. The summed E-state index contributed by atoms with van der Waals surface area (Å²) in [6, 6.07) is 2.48. The van der Waals surface area contributed by atoms with Gasteiger partial charge in [-0.2, -0.15) is 11.3 Å². The van der Waals surface area contributed by atoms with Crippen molar-refractivity contribution in [3.05, 3.63) is 22.4 Å². The second-order valence-electron chi connectivity index (χ2n) is 6.80. The van der Waals surface area contributed by atoms with Crippen LogP contribution < -0.4 is 5.32 Å². The van der Waals surface area contributed by atoms with Crippen molar-refractivity contribution in [1.29, 1.82) is 0 Å². The number of hydrogen-bond acceptors (Lipinski definition) is 3. The molecule has 1 amide bonds. The van der Waals surface area contributed by atoms with Gasteiger partial charge in [-0.25, -0.2) is 0 Å². The molecule has 2 aliphatic rings. The summed E-state index contributed by atoms with van der Waals surface area (Å²) in [5.41, 5.74) is 1.50. The molecule has 1 aromatic heterocycles. The number of nitrogens with zero attached hydrogens (tertiary/aromatic N) is 1. The van der Waals surface area contributed by atoms with Gasteiger partial charge in [0, 0.05) is 6.04 Å². The topological polar surface area (TPSA) is 32.3 Å². The second-order valence-corrected chi connectivity index (χ2v) is 7.58. The van der Waals surface area contributed by atoms with Gasteiger partial charge in [0.1, 0.15) is 6.17 Å². The summed E-state index contributed by atoms with van der Waals surface area (Å²) in [5.74, 6) is 0.613. The van der Waals surface area contributed by atoms with Gasteiger partial charge in [-0.05, 0) is 40.1 Å². The first-order valence-corrected chi connectivity index (χ1v) is 7.96. The molecule has 2 heterocycles. The van der Waals surface area contributed by atoms with E-state index < -0.39 is 0 Å². The third-order valence-corrected chi connectivity index (χ3v) is 5.16.